The summed E-state index contributed by atoms with van der Waals surface area (Å²) in [6.07, 6.45) is 1.69. The Morgan fingerprint density at radius 3 is 2.90 bits per heavy atom. The maximum Gasteiger partial charge on any atom is 0.258 e. The van der Waals surface area contributed by atoms with E-state index in [-0.39, 0.29) is 0 Å². The molecule has 0 radical (unpaired) electrons. The Kier molecular flexibility index (Phi) is 5.44. The average molecular weight is 292 g/mol. The van der Waals surface area contributed by atoms with Crippen molar-refractivity contribution in [2.24, 2.45) is 5.73 Å². The Balaban J connectivity index is 2.19. The fourth-order valence-electron chi connectivity index (χ4n) is 2.53. The van der Waals surface area contributed by atoms with E-state index in [0.29, 0.717) is 24.0 Å². The molecule has 116 valence electrons. The first kappa shape index (κ1) is 15.6. The van der Waals surface area contributed by atoms with E-state index >= 15 is 0 Å². The van der Waals surface area contributed by atoms with Gasteiger partial charge >= 0.3 is 0 Å². The first-order valence-corrected chi connectivity index (χ1v) is 7.55. The lowest BCUT2D eigenvalue weighted by Crippen LogP contribution is -2.31. The van der Waals surface area contributed by atoms with Crippen LogP contribution in [0.1, 0.15) is 38.2 Å². The van der Waals surface area contributed by atoms with Crippen LogP contribution in [0.5, 0.6) is 11.5 Å². The molecule has 3 N–H and O–H groups in total. The fraction of sp³-hybridized carbons (Fsp3) is 0.562. The Morgan fingerprint density at radius 2 is 2.29 bits per heavy atom. The number of nitrogens with two attached hydrogens (primary N) is 1. The van der Waals surface area contributed by atoms with Crippen LogP contribution >= 0.6 is 0 Å². The van der Waals surface area contributed by atoms with Gasteiger partial charge in [0.2, 0.25) is 0 Å². The molecule has 0 saturated carbocycles. The van der Waals surface area contributed by atoms with E-state index in [0.717, 1.165) is 13.1 Å². The third kappa shape index (κ3) is 4.11. The zero-order valence-electron chi connectivity index (χ0n) is 12.7. The van der Waals surface area contributed by atoms with Gasteiger partial charge in [-0.25, -0.2) is 0 Å². The molecule has 0 aromatic heterocycles. The Hall–Kier alpha value is -1.75. The third-order valence-electron chi connectivity index (χ3n) is 3.74. The molecule has 1 aliphatic heterocycles. The van der Waals surface area contributed by atoms with Crippen molar-refractivity contribution in [1.29, 1.82) is 0 Å². The second kappa shape index (κ2) is 7.31. The number of carbonyl (C=O) groups excluding carboxylic acids is 1. The molecule has 5 heteroatoms. The maximum atomic E-state index is 11.1. The van der Waals surface area contributed by atoms with Crippen molar-refractivity contribution < 1.29 is 14.3 Å². The number of hydrogen-bond donors (Lipinski definition) is 2. The minimum atomic E-state index is -0.675. The molecule has 1 heterocycles. The monoisotopic (exact) mass is 292 g/mol. The first-order chi connectivity index (χ1) is 10.1. The van der Waals surface area contributed by atoms with Gasteiger partial charge in [-0.05, 0) is 56.8 Å². The number of carbonyl (C=O) groups is 1. The molecule has 0 spiro atoms. The molecule has 1 fully saturated rings. The molecule has 1 aliphatic rings. The fourth-order valence-corrected chi connectivity index (χ4v) is 2.53. The number of primary amides is 1. The molecule has 1 aromatic rings. The highest BCUT2D eigenvalue weighted by Crippen LogP contribution is 2.33. The van der Waals surface area contributed by atoms with Gasteiger partial charge in [-0.2, -0.15) is 0 Å². The summed E-state index contributed by atoms with van der Waals surface area (Å²) in [4.78, 5) is 11.1. The van der Waals surface area contributed by atoms with Gasteiger partial charge in [-0.1, -0.05) is 6.07 Å². The zero-order chi connectivity index (χ0) is 15.2. The van der Waals surface area contributed by atoms with Gasteiger partial charge in [0.25, 0.3) is 5.91 Å². The highest BCUT2D eigenvalue weighted by molar-refractivity contribution is 5.78. The van der Waals surface area contributed by atoms with Crippen LogP contribution in [0.3, 0.4) is 0 Å². The van der Waals surface area contributed by atoms with Crippen LogP contribution in [-0.4, -0.2) is 31.7 Å². The SMILES string of the molecule is CCOc1cc(C2CCCNC2)ccc1OC(C)C(N)=O. The van der Waals surface area contributed by atoms with Crippen molar-refractivity contribution in [3.05, 3.63) is 23.8 Å². The summed E-state index contributed by atoms with van der Waals surface area (Å²) in [5, 5.41) is 3.41. The van der Waals surface area contributed by atoms with Crippen molar-refractivity contribution in [1.82, 2.24) is 5.32 Å². The molecule has 1 amide bonds. The molecule has 2 rings (SSSR count). The average Bonchev–Trinajstić information content (AvgIpc) is 2.50. The van der Waals surface area contributed by atoms with E-state index in [1.807, 2.05) is 25.1 Å². The smallest absolute Gasteiger partial charge is 0.258 e. The third-order valence-corrected chi connectivity index (χ3v) is 3.74. The quantitative estimate of drug-likeness (QED) is 0.838. The molecule has 1 aromatic carbocycles. The summed E-state index contributed by atoms with van der Waals surface area (Å²) >= 11 is 0. The predicted molar refractivity (Wildman–Crippen MR) is 81.7 cm³/mol. The summed E-state index contributed by atoms with van der Waals surface area (Å²) in [6, 6.07) is 5.93. The largest absolute Gasteiger partial charge is 0.490 e. The first-order valence-electron chi connectivity index (χ1n) is 7.55. The van der Waals surface area contributed by atoms with Gasteiger partial charge in [0.1, 0.15) is 0 Å². The standard InChI is InChI=1S/C16H24N2O3/c1-3-20-15-9-12(13-5-4-8-18-10-13)6-7-14(15)21-11(2)16(17)19/h6-7,9,11,13,18H,3-5,8,10H2,1-2H3,(H2,17,19). The van der Waals surface area contributed by atoms with E-state index in [4.69, 9.17) is 15.2 Å². The molecule has 2 atom stereocenters. The molecule has 5 nitrogen and oxygen atoms in total. The molecular formula is C16H24N2O3. The number of hydrogen-bond acceptors (Lipinski definition) is 4. The minimum Gasteiger partial charge on any atom is -0.490 e. The second-order valence-corrected chi connectivity index (χ2v) is 5.34. The number of rotatable bonds is 6. The molecule has 1 saturated heterocycles. The molecule has 0 aliphatic carbocycles. The van der Waals surface area contributed by atoms with Gasteiger partial charge in [-0.3, -0.25) is 4.79 Å². The van der Waals surface area contributed by atoms with Crippen molar-refractivity contribution in [2.45, 2.75) is 38.7 Å². The summed E-state index contributed by atoms with van der Waals surface area (Å²) < 4.78 is 11.2. The summed E-state index contributed by atoms with van der Waals surface area (Å²) in [5.74, 6) is 1.25. The Bertz CT molecular complexity index is 484. The van der Waals surface area contributed by atoms with Crippen LogP contribution in [0, 0.1) is 0 Å². The van der Waals surface area contributed by atoms with Crippen LogP contribution in [0.15, 0.2) is 18.2 Å². The van der Waals surface area contributed by atoms with Crippen LogP contribution in [0.4, 0.5) is 0 Å². The predicted octanol–water partition coefficient (Wildman–Crippen LogP) is 1.80. The number of nitrogens with one attached hydrogen (secondary N) is 1. The highest BCUT2D eigenvalue weighted by Gasteiger charge is 2.19. The molecule has 21 heavy (non-hydrogen) atoms. The van der Waals surface area contributed by atoms with Gasteiger partial charge in [0.05, 0.1) is 6.61 Å². The molecule has 0 bridgehead atoms. The topological polar surface area (TPSA) is 73.6 Å². The van der Waals surface area contributed by atoms with Crippen LogP contribution < -0.4 is 20.5 Å². The minimum absolute atomic E-state index is 0.488. The van der Waals surface area contributed by atoms with Gasteiger partial charge in [0, 0.05) is 6.54 Å². The van der Waals surface area contributed by atoms with E-state index in [1.165, 1.54) is 18.4 Å². The van der Waals surface area contributed by atoms with Crippen LogP contribution in [0.2, 0.25) is 0 Å². The van der Waals surface area contributed by atoms with Gasteiger partial charge in [0.15, 0.2) is 17.6 Å². The van der Waals surface area contributed by atoms with Crippen molar-refractivity contribution in [2.75, 3.05) is 19.7 Å². The normalized spacial score (nSPS) is 19.8. The lowest BCUT2D eigenvalue weighted by Gasteiger charge is -2.24. The second-order valence-electron chi connectivity index (χ2n) is 5.34. The van der Waals surface area contributed by atoms with Crippen molar-refractivity contribution in [3.63, 3.8) is 0 Å². The number of amides is 1. The number of benzene rings is 1. The number of piperidine rings is 1. The van der Waals surface area contributed by atoms with Crippen molar-refractivity contribution >= 4 is 5.91 Å². The lowest BCUT2D eigenvalue weighted by atomic mass is 9.91. The van der Waals surface area contributed by atoms with Crippen LogP contribution in [-0.2, 0) is 4.79 Å². The molecule has 2 unspecified atom stereocenters. The number of ether oxygens (including phenoxy) is 2. The maximum absolute atomic E-state index is 11.1. The van der Waals surface area contributed by atoms with Crippen molar-refractivity contribution in [3.8, 4) is 11.5 Å². The lowest BCUT2D eigenvalue weighted by molar-refractivity contribution is -0.124. The van der Waals surface area contributed by atoms with E-state index in [2.05, 4.69) is 5.32 Å². The van der Waals surface area contributed by atoms with Gasteiger partial charge < -0.3 is 20.5 Å². The zero-order valence-corrected chi connectivity index (χ0v) is 12.7. The highest BCUT2D eigenvalue weighted by atomic mass is 16.5. The summed E-state index contributed by atoms with van der Waals surface area (Å²) in [5.41, 5.74) is 6.48. The van der Waals surface area contributed by atoms with E-state index in [9.17, 15) is 4.79 Å². The van der Waals surface area contributed by atoms with Gasteiger partial charge in [-0.15, -0.1) is 0 Å². The summed E-state index contributed by atoms with van der Waals surface area (Å²) in [7, 11) is 0. The van der Waals surface area contributed by atoms with E-state index < -0.39 is 12.0 Å². The van der Waals surface area contributed by atoms with E-state index in [1.54, 1.807) is 6.92 Å². The summed E-state index contributed by atoms with van der Waals surface area (Å²) in [6.45, 7) is 6.19. The Morgan fingerprint density at radius 1 is 1.48 bits per heavy atom. The molecular weight excluding hydrogens is 268 g/mol. The Labute approximate surface area is 125 Å². The van der Waals surface area contributed by atoms with Crippen LogP contribution in [0.25, 0.3) is 0 Å².